The first-order chi connectivity index (χ1) is 9.38. The summed E-state index contributed by atoms with van der Waals surface area (Å²) in [5, 5.41) is 11.4. The molecule has 2 rings (SSSR count). The highest BCUT2D eigenvalue weighted by Gasteiger charge is 2.12. The molecule has 0 aliphatic rings. The molecule has 0 amide bonds. The Morgan fingerprint density at radius 2 is 1.80 bits per heavy atom. The van der Waals surface area contributed by atoms with Gasteiger partial charge in [0.1, 0.15) is 10.7 Å². The Hall–Kier alpha value is -2.41. The van der Waals surface area contributed by atoms with Crippen molar-refractivity contribution in [3.8, 4) is 0 Å². The molecular formula is C13H11NO5S. The Morgan fingerprint density at radius 1 is 1.15 bits per heavy atom. The molecule has 1 aromatic heterocycles. The first kappa shape index (κ1) is 14.0. The zero-order chi connectivity index (χ0) is 14.8. The first-order valence-electron chi connectivity index (χ1n) is 5.62. The highest BCUT2D eigenvalue weighted by atomic mass is 32.2. The van der Waals surface area contributed by atoms with Gasteiger partial charge in [0.05, 0.1) is 11.0 Å². The fourth-order valence-electron chi connectivity index (χ4n) is 1.49. The molecule has 0 saturated carbocycles. The highest BCUT2D eigenvalue weighted by molar-refractivity contribution is 7.94. The van der Waals surface area contributed by atoms with Crippen LogP contribution in [0.25, 0.3) is 6.08 Å². The topological polar surface area (TPSA) is 90.4 Å². The van der Waals surface area contributed by atoms with Crippen LogP contribution in [0.5, 0.6) is 0 Å². The summed E-state index contributed by atoms with van der Waals surface area (Å²) in [6, 6.07) is 8.88. The fraction of sp³-hybridized carbons (Fsp3) is 0.0769. The van der Waals surface area contributed by atoms with E-state index in [9.17, 15) is 18.5 Å². The van der Waals surface area contributed by atoms with Crippen molar-refractivity contribution in [3.05, 3.63) is 63.2 Å². The van der Waals surface area contributed by atoms with E-state index in [1.165, 1.54) is 24.3 Å². The van der Waals surface area contributed by atoms with Gasteiger partial charge in [-0.1, -0.05) is 17.7 Å². The average Bonchev–Trinajstić information content (AvgIpc) is 2.86. The summed E-state index contributed by atoms with van der Waals surface area (Å²) in [5.41, 5.74) is 0.953. The van der Waals surface area contributed by atoms with Gasteiger partial charge in [-0.2, -0.15) is 0 Å². The van der Waals surface area contributed by atoms with E-state index in [0.29, 0.717) is 0 Å². The van der Waals surface area contributed by atoms with Crippen LogP contribution in [0.4, 0.5) is 5.88 Å². The lowest BCUT2D eigenvalue weighted by Gasteiger charge is -1.99. The maximum absolute atomic E-state index is 12.0. The molecule has 0 N–H and O–H groups in total. The summed E-state index contributed by atoms with van der Waals surface area (Å²) in [4.78, 5) is 9.90. The van der Waals surface area contributed by atoms with E-state index in [1.807, 2.05) is 6.92 Å². The molecule has 2 aromatic rings. The maximum Gasteiger partial charge on any atom is 0.433 e. The number of benzene rings is 1. The minimum atomic E-state index is -3.60. The quantitative estimate of drug-likeness (QED) is 0.638. The maximum atomic E-state index is 12.0. The van der Waals surface area contributed by atoms with Crippen molar-refractivity contribution in [1.82, 2.24) is 0 Å². The lowest BCUT2D eigenvalue weighted by Crippen LogP contribution is -1.95. The van der Waals surface area contributed by atoms with Gasteiger partial charge in [0, 0.05) is 5.41 Å². The van der Waals surface area contributed by atoms with Crippen LogP contribution in [0.1, 0.15) is 11.3 Å². The van der Waals surface area contributed by atoms with Crippen molar-refractivity contribution < 1.29 is 17.8 Å². The fourth-order valence-corrected chi connectivity index (χ4v) is 2.48. The summed E-state index contributed by atoms with van der Waals surface area (Å²) < 4.78 is 28.8. The van der Waals surface area contributed by atoms with E-state index in [1.54, 1.807) is 12.1 Å². The Balaban J connectivity index is 2.25. The third-order valence-electron chi connectivity index (χ3n) is 2.55. The minimum Gasteiger partial charge on any atom is -0.401 e. The minimum absolute atomic E-state index is 0.104. The predicted molar refractivity (Wildman–Crippen MR) is 72.8 cm³/mol. The first-order valence-corrected chi connectivity index (χ1v) is 7.17. The number of sulfone groups is 1. The van der Waals surface area contributed by atoms with Gasteiger partial charge in [-0.05, 0) is 31.2 Å². The molecule has 6 nitrogen and oxygen atoms in total. The SMILES string of the molecule is Cc1ccc(S(=O)(=O)/C=C/c2ccc([N+](=O)[O-])o2)cc1. The van der Waals surface area contributed by atoms with E-state index >= 15 is 0 Å². The van der Waals surface area contributed by atoms with Crippen LogP contribution >= 0.6 is 0 Å². The van der Waals surface area contributed by atoms with E-state index < -0.39 is 20.6 Å². The monoisotopic (exact) mass is 293 g/mol. The van der Waals surface area contributed by atoms with Crippen molar-refractivity contribution in [2.75, 3.05) is 0 Å². The third kappa shape index (κ3) is 3.12. The van der Waals surface area contributed by atoms with Crippen LogP contribution in [0.15, 0.2) is 51.1 Å². The van der Waals surface area contributed by atoms with Crippen LogP contribution in [0.2, 0.25) is 0 Å². The molecule has 1 aromatic carbocycles. The number of furan rings is 1. The predicted octanol–water partition coefficient (Wildman–Crippen LogP) is 2.94. The zero-order valence-electron chi connectivity index (χ0n) is 10.5. The molecule has 0 radical (unpaired) electrons. The van der Waals surface area contributed by atoms with Gasteiger partial charge in [0.25, 0.3) is 0 Å². The zero-order valence-corrected chi connectivity index (χ0v) is 11.3. The van der Waals surface area contributed by atoms with Crippen LogP contribution in [0, 0.1) is 17.0 Å². The lowest BCUT2D eigenvalue weighted by molar-refractivity contribution is -0.402. The van der Waals surface area contributed by atoms with Gasteiger partial charge in [-0.15, -0.1) is 0 Å². The Morgan fingerprint density at radius 3 is 2.35 bits per heavy atom. The van der Waals surface area contributed by atoms with Crippen molar-refractivity contribution in [3.63, 3.8) is 0 Å². The second kappa shape index (κ2) is 5.30. The Kier molecular flexibility index (Phi) is 3.71. The van der Waals surface area contributed by atoms with Crippen LogP contribution in [0.3, 0.4) is 0 Å². The molecular weight excluding hydrogens is 282 g/mol. The molecule has 0 aliphatic carbocycles. The highest BCUT2D eigenvalue weighted by Crippen LogP contribution is 2.19. The standard InChI is InChI=1S/C13H11NO5S/c1-10-2-5-12(6-3-10)20(17,18)9-8-11-4-7-13(19-11)14(15)16/h2-9H,1H3/b9-8+. The second-order valence-corrected chi connectivity index (χ2v) is 5.93. The molecule has 0 bridgehead atoms. The Labute approximate surface area is 115 Å². The third-order valence-corrected chi connectivity index (χ3v) is 3.98. The molecule has 20 heavy (non-hydrogen) atoms. The molecule has 0 aliphatic heterocycles. The molecule has 0 saturated heterocycles. The van der Waals surface area contributed by atoms with Crippen LogP contribution < -0.4 is 0 Å². The Bertz CT molecular complexity index is 756. The summed E-state index contributed by atoms with van der Waals surface area (Å²) in [6.07, 6.45) is 1.18. The summed E-state index contributed by atoms with van der Waals surface area (Å²) in [7, 11) is -3.60. The van der Waals surface area contributed by atoms with Crippen LogP contribution in [-0.4, -0.2) is 13.3 Å². The van der Waals surface area contributed by atoms with Crippen LogP contribution in [-0.2, 0) is 9.84 Å². The van der Waals surface area contributed by atoms with Crippen molar-refractivity contribution in [1.29, 1.82) is 0 Å². The number of hydrogen-bond acceptors (Lipinski definition) is 5. The number of nitro groups is 1. The number of aryl methyl sites for hydroxylation is 1. The number of rotatable bonds is 4. The number of hydrogen-bond donors (Lipinski definition) is 0. The summed E-state index contributed by atoms with van der Waals surface area (Å²) in [6.45, 7) is 1.86. The van der Waals surface area contributed by atoms with Gasteiger partial charge in [0.15, 0.2) is 9.84 Å². The molecule has 104 valence electrons. The summed E-state index contributed by atoms with van der Waals surface area (Å²) >= 11 is 0. The second-order valence-electron chi connectivity index (χ2n) is 4.09. The van der Waals surface area contributed by atoms with E-state index in [4.69, 9.17) is 4.42 Å². The number of nitrogens with zero attached hydrogens (tertiary/aromatic N) is 1. The van der Waals surface area contributed by atoms with Crippen molar-refractivity contribution >= 4 is 21.8 Å². The molecule has 0 fully saturated rings. The van der Waals surface area contributed by atoms with Gasteiger partial charge >= 0.3 is 5.88 Å². The molecule has 0 spiro atoms. The largest absolute Gasteiger partial charge is 0.433 e. The van der Waals surface area contributed by atoms with Crippen molar-refractivity contribution in [2.24, 2.45) is 0 Å². The van der Waals surface area contributed by atoms with E-state index in [2.05, 4.69) is 0 Å². The smallest absolute Gasteiger partial charge is 0.401 e. The summed E-state index contributed by atoms with van der Waals surface area (Å²) in [5.74, 6) is -0.329. The van der Waals surface area contributed by atoms with E-state index in [-0.39, 0.29) is 10.7 Å². The van der Waals surface area contributed by atoms with E-state index in [0.717, 1.165) is 17.0 Å². The molecule has 7 heteroatoms. The van der Waals surface area contributed by atoms with Gasteiger partial charge < -0.3 is 4.42 Å². The lowest BCUT2D eigenvalue weighted by atomic mass is 10.2. The van der Waals surface area contributed by atoms with Gasteiger partial charge in [0.2, 0.25) is 0 Å². The molecule has 0 unspecified atom stereocenters. The van der Waals surface area contributed by atoms with Crippen molar-refractivity contribution in [2.45, 2.75) is 11.8 Å². The molecule has 0 atom stereocenters. The average molecular weight is 293 g/mol. The normalized spacial score (nSPS) is 11.8. The van der Waals surface area contributed by atoms with Gasteiger partial charge in [-0.25, -0.2) is 8.42 Å². The van der Waals surface area contributed by atoms with Gasteiger partial charge in [-0.3, -0.25) is 10.1 Å². The molecule has 1 heterocycles.